The molecule has 3 heterocycles. The molecule has 118 valence electrons. The zero-order valence-corrected chi connectivity index (χ0v) is 13.0. The lowest BCUT2D eigenvalue weighted by Gasteiger charge is -2.29. The summed E-state index contributed by atoms with van der Waals surface area (Å²) in [6, 6.07) is 7.30. The monoisotopic (exact) mass is 311 g/mol. The van der Waals surface area contributed by atoms with E-state index < -0.39 is 0 Å². The summed E-state index contributed by atoms with van der Waals surface area (Å²) in [5, 5.41) is 3.34. The Bertz CT molecular complexity index is 744. The second-order valence-corrected chi connectivity index (χ2v) is 5.85. The molecular weight excluding hydrogens is 292 g/mol. The number of fused-ring (bicyclic) bond motifs is 1. The molecule has 0 saturated heterocycles. The van der Waals surface area contributed by atoms with Gasteiger partial charge >= 0.3 is 0 Å². The molecule has 0 radical (unpaired) electrons. The first-order valence-electron chi connectivity index (χ1n) is 7.91. The maximum Gasteiger partial charge on any atom is 0.261 e. The number of hydrogen-bond acceptors (Lipinski definition) is 4. The van der Waals surface area contributed by atoms with E-state index in [2.05, 4.69) is 5.32 Å². The van der Waals surface area contributed by atoms with E-state index in [0.29, 0.717) is 6.61 Å². The summed E-state index contributed by atoms with van der Waals surface area (Å²) < 4.78 is 12.2. The van der Waals surface area contributed by atoms with E-state index in [1.165, 1.54) is 0 Å². The van der Waals surface area contributed by atoms with Gasteiger partial charge in [0.05, 0.1) is 12.7 Å². The highest BCUT2D eigenvalue weighted by Gasteiger charge is 2.45. The number of nitrogens with one attached hydrogen (secondary N) is 1. The van der Waals surface area contributed by atoms with E-state index in [-0.39, 0.29) is 6.04 Å². The van der Waals surface area contributed by atoms with Crippen LogP contribution in [0, 0.1) is 4.91 Å². The Morgan fingerprint density at radius 3 is 2.91 bits per heavy atom. The highest BCUT2D eigenvalue weighted by atomic mass is 16.5. The van der Waals surface area contributed by atoms with Crippen molar-refractivity contribution >= 4 is 0 Å². The number of rotatable bonds is 2. The van der Waals surface area contributed by atoms with Crippen molar-refractivity contribution in [2.24, 2.45) is 0 Å². The van der Waals surface area contributed by atoms with Crippen LogP contribution in [0.4, 0.5) is 0 Å². The lowest BCUT2D eigenvalue weighted by molar-refractivity contribution is -0.542. The van der Waals surface area contributed by atoms with Crippen molar-refractivity contribution in [1.82, 2.24) is 5.32 Å². The number of ether oxygens (including phenoxy) is 2. The van der Waals surface area contributed by atoms with Crippen molar-refractivity contribution in [2.45, 2.75) is 18.9 Å². The predicted octanol–water partition coefficient (Wildman–Crippen LogP) is 2.96. The highest BCUT2D eigenvalue weighted by Crippen LogP contribution is 2.42. The Balaban J connectivity index is 1.83. The number of nitrogens with zero attached hydrogens (tertiary/aromatic N) is 1. The summed E-state index contributed by atoms with van der Waals surface area (Å²) in [6.07, 6.45) is 5.71. The van der Waals surface area contributed by atoms with Crippen LogP contribution in [-0.2, 0) is 4.74 Å². The van der Waals surface area contributed by atoms with Gasteiger partial charge in [-0.2, -0.15) is 0 Å². The molecule has 0 amide bonds. The van der Waals surface area contributed by atoms with Crippen molar-refractivity contribution < 1.29 is 14.2 Å². The van der Waals surface area contributed by atoms with Crippen LogP contribution < -0.4 is 10.1 Å². The standard InChI is InChI=1S/C18H19N2O3/c1-22-13-8-6-12(7-9-13)17-14-4-3-11-23-18(14)16-15(20(17)21)5-2-10-19-16/h3-4,6-9,17,19H,2,5,10-11H2,1H3/q+1. The molecule has 1 atom stereocenters. The van der Waals surface area contributed by atoms with Crippen molar-refractivity contribution in [2.75, 3.05) is 20.3 Å². The van der Waals surface area contributed by atoms with Gasteiger partial charge in [0.2, 0.25) is 0 Å². The Morgan fingerprint density at radius 1 is 1.30 bits per heavy atom. The van der Waals surface area contributed by atoms with Crippen LogP contribution in [0.3, 0.4) is 0 Å². The fraction of sp³-hybridized carbons (Fsp3) is 0.333. The van der Waals surface area contributed by atoms with E-state index in [9.17, 15) is 4.91 Å². The molecular formula is C18H19N2O3+. The van der Waals surface area contributed by atoms with Gasteiger partial charge in [-0.15, -0.1) is 0 Å². The quantitative estimate of drug-likeness (QED) is 0.853. The predicted molar refractivity (Wildman–Crippen MR) is 85.7 cm³/mol. The number of benzene rings is 1. The molecule has 1 aromatic carbocycles. The molecule has 1 unspecified atom stereocenters. The molecule has 0 saturated carbocycles. The third-order valence-electron chi connectivity index (χ3n) is 4.52. The minimum Gasteiger partial charge on any atom is -0.497 e. The highest BCUT2D eigenvalue weighted by molar-refractivity contribution is 5.47. The van der Waals surface area contributed by atoms with Gasteiger partial charge in [0.1, 0.15) is 18.1 Å². The molecule has 5 heteroatoms. The van der Waals surface area contributed by atoms with Crippen LogP contribution >= 0.6 is 0 Å². The molecule has 5 nitrogen and oxygen atoms in total. The van der Waals surface area contributed by atoms with E-state index in [0.717, 1.165) is 58.2 Å². The van der Waals surface area contributed by atoms with Crippen molar-refractivity contribution in [3.63, 3.8) is 0 Å². The fourth-order valence-corrected chi connectivity index (χ4v) is 3.41. The summed E-state index contributed by atoms with van der Waals surface area (Å²) in [5.41, 5.74) is 3.53. The molecule has 0 spiro atoms. The summed E-state index contributed by atoms with van der Waals surface area (Å²) in [6.45, 7) is 1.43. The third kappa shape index (κ3) is 2.23. The Hall–Kier alpha value is -2.56. The van der Waals surface area contributed by atoms with Gasteiger partial charge < -0.3 is 14.8 Å². The molecule has 0 bridgehead atoms. The molecule has 0 fully saturated rings. The third-order valence-corrected chi connectivity index (χ3v) is 4.52. The summed E-state index contributed by atoms with van der Waals surface area (Å²) in [7, 11) is 1.64. The van der Waals surface area contributed by atoms with E-state index in [1.54, 1.807) is 7.11 Å². The SMILES string of the molecule is COc1ccc(C2C3=C(OCC=C3)C3=C(CCCN3)[N+]2=O)cc1. The summed E-state index contributed by atoms with van der Waals surface area (Å²) in [4.78, 5) is 13.0. The molecule has 0 aliphatic carbocycles. The van der Waals surface area contributed by atoms with E-state index in [1.807, 2.05) is 36.4 Å². The Kier molecular flexibility index (Phi) is 3.41. The lowest BCUT2D eigenvalue weighted by Crippen LogP contribution is -2.35. The van der Waals surface area contributed by atoms with Crippen LogP contribution in [0.2, 0.25) is 0 Å². The molecule has 1 aromatic rings. The second kappa shape index (κ2) is 5.57. The smallest absolute Gasteiger partial charge is 0.261 e. The van der Waals surface area contributed by atoms with Gasteiger partial charge in [-0.3, -0.25) is 0 Å². The molecule has 23 heavy (non-hydrogen) atoms. The van der Waals surface area contributed by atoms with Crippen LogP contribution in [0.15, 0.2) is 59.1 Å². The summed E-state index contributed by atoms with van der Waals surface area (Å²) >= 11 is 0. The minimum atomic E-state index is -0.369. The molecule has 0 aromatic heterocycles. The first-order chi connectivity index (χ1) is 11.3. The Morgan fingerprint density at radius 2 is 2.13 bits per heavy atom. The molecule has 1 N–H and O–H groups in total. The van der Waals surface area contributed by atoms with Crippen LogP contribution in [0.5, 0.6) is 5.75 Å². The van der Waals surface area contributed by atoms with E-state index >= 15 is 0 Å². The van der Waals surface area contributed by atoms with Gasteiger partial charge in [0, 0.05) is 28.2 Å². The van der Waals surface area contributed by atoms with Crippen LogP contribution in [-0.4, -0.2) is 25.0 Å². The van der Waals surface area contributed by atoms with E-state index in [4.69, 9.17) is 9.47 Å². The minimum absolute atomic E-state index is 0.369. The van der Waals surface area contributed by atoms with Gasteiger partial charge in [-0.05, 0) is 42.8 Å². The Labute approximate surface area is 134 Å². The molecule has 4 rings (SSSR count). The maximum atomic E-state index is 13.0. The summed E-state index contributed by atoms with van der Waals surface area (Å²) in [5.74, 6) is 1.61. The van der Waals surface area contributed by atoms with Crippen molar-refractivity contribution in [3.05, 3.63) is 69.6 Å². The average molecular weight is 311 g/mol. The first kappa shape index (κ1) is 14.1. The van der Waals surface area contributed by atoms with Gasteiger partial charge in [0.25, 0.3) is 11.7 Å². The number of allylic oxidation sites excluding steroid dienone is 1. The second-order valence-electron chi connectivity index (χ2n) is 5.85. The lowest BCUT2D eigenvalue weighted by atomic mass is 9.89. The number of methoxy groups -OCH3 is 1. The average Bonchev–Trinajstić information content (AvgIpc) is 2.63. The van der Waals surface area contributed by atoms with Gasteiger partial charge in [0.15, 0.2) is 5.76 Å². The normalized spacial score (nSPS) is 23.0. The topological polar surface area (TPSA) is 50.6 Å². The first-order valence-corrected chi connectivity index (χ1v) is 7.91. The largest absolute Gasteiger partial charge is 0.497 e. The molecule has 3 aliphatic rings. The number of nitroso groups, excluding NO2 is 1. The maximum absolute atomic E-state index is 13.0. The van der Waals surface area contributed by atoms with Gasteiger partial charge in [-0.25, -0.2) is 0 Å². The van der Waals surface area contributed by atoms with Crippen molar-refractivity contribution in [3.8, 4) is 5.75 Å². The van der Waals surface area contributed by atoms with Gasteiger partial charge in [-0.1, -0.05) is 0 Å². The number of hydrogen-bond donors (Lipinski definition) is 1. The zero-order valence-electron chi connectivity index (χ0n) is 13.0. The fourth-order valence-electron chi connectivity index (χ4n) is 3.41. The molecule has 3 aliphatic heterocycles. The van der Waals surface area contributed by atoms with Crippen LogP contribution in [0.1, 0.15) is 24.4 Å². The zero-order chi connectivity index (χ0) is 15.8. The van der Waals surface area contributed by atoms with Crippen LogP contribution in [0.25, 0.3) is 0 Å². The van der Waals surface area contributed by atoms with Crippen molar-refractivity contribution in [1.29, 1.82) is 0 Å².